The molecule has 0 aliphatic carbocycles. The first-order valence-corrected chi connectivity index (χ1v) is 9.72. The van der Waals surface area contributed by atoms with E-state index in [1.54, 1.807) is 24.4 Å². The minimum Gasteiger partial charge on any atom is -0.344 e. The van der Waals surface area contributed by atoms with E-state index in [0.29, 0.717) is 39.6 Å². The molecule has 26 heavy (non-hydrogen) atoms. The van der Waals surface area contributed by atoms with Gasteiger partial charge in [-0.05, 0) is 52.9 Å². The molecule has 4 rings (SSSR count). The Balaban J connectivity index is 1.77. The molecule has 3 heterocycles. The van der Waals surface area contributed by atoms with Gasteiger partial charge < -0.3 is 11.1 Å². The van der Waals surface area contributed by atoms with Gasteiger partial charge in [0.25, 0.3) is 5.91 Å². The average Bonchev–Trinajstić information content (AvgIpc) is 3.20. The molecule has 1 saturated heterocycles. The number of hydrogen-bond donors (Lipinski definition) is 2. The molecule has 6 nitrogen and oxygen atoms in total. The average molecular weight is 484 g/mol. The molecule has 1 atom stereocenters. The quantitative estimate of drug-likeness (QED) is 0.557. The zero-order chi connectivity index (χ0) is 18.3. The van der Waals surface area contributed by atoms with Gasteiger partial charge >= 0.3 is 0 Å². The number of anilines is 2. The van der Waals surface area contributed by atoms with Crippen LogP contribution in [0.25, 0.3) is 10.2 Å². The van der Waals surface area contributed by atoms with E-state index in [9.17, 15) is 9.18 Å². The smallest absolute Gasteiger partial charge is 0.281 e. The van der Waals surface area contributed by atoms with Crippen LogP contribution in [0, 0.1) is 9.39 Å². The number of pyridine rings is 1. The standard InChI is InChI=1S/C17H14FIN4O2S/c18-12-6-9(19)3-4-13(12)22-16-14(11-2-1-5-21-15(11)26-16)17(24)23-7-10(20)8-25-23/h1-6,10,22H,7-8,20H2/t10-/m0/s1. The molecule has 1 amide bonds. The van der Waals surface area contributed by atoms with E-state index in [1.807, 2.05) is 28.7 Å². The fraction of sp³-hybridized carbons (Fsp3) is 0.176. The molecule has 1 fully saturated rings. The van der Waals surface area contributed by atoms with Crippen LogP contribution >= 0.6 is 33.9 Å². The van der Waals surface area contributed by atoms with Crippen molar-refractivity contribution in [1.82, 2.24) is 10.0 Å². The third-order valence-corrected chi connectivity index (χ3v) is 5.63. The van der Waals surface area contributed by atoms with Crippen LogP contribution in [0.3, 0.4) is 0 Å². The number of halogens is 2. The van der Waals surface area contributed by atoms with Gasteiger partial charge in [-0.3, -0.25) is 9.63 Å². The van der Waals surface area contributed by atoms with Crippen molar-refractivity contribution in [2.45, 2.75) is 6.04 Å². The van der Waals surface area contributed by atoms with E-state index in [-0.39, 0.29) is 17.8 Å². The van der Waals surface area contributed by atoms with Crippen molar-refractivity contribution in [1.29, 1.82) is 0 Å². The molecule has 1 aromatic carbocycles. The Morgan fingerprint density at radius 3 is 3.04 bits per heavy atom. The molecule has 3 aromatic rings. The molecule has 0 bridgehead atoms. The SMILES string of the molecule is N[C@@H]1CON(C(=O)c2c(Nc3ccc(I)cc3F)sc3ncccc23)C1. The number of nitrogens with two attached hydrogens (primary N) is 1. The molecule has 2 aromatic heterocycles. The highest BCUT2D eigenvalue weighted by atomic mass is 127. The number of amides is 1. The van der Waals surface area contributed by atoms with Gasteiger partial charge in [-0.1, -0.05) is 11.3 Å². The van der Waals surface area contributed by atoms with E-state index in [0.717, 1.165) is 3.57 Å². The number of rotatable bonds is 3. The molecule has 0 unspecified atom stereocenters. The molecule has 1 aliphatic rings. The summed E-state index contributed by atoms with van der Waals surface area (Å²) in [6, 6.07) is 8.23. The predicted octanol–water partition coefficient (Wildman–Crippen LogP) is 3.50. The number of benzene rings is 1. The van der Waals surface area contributed by atoms with Crippen LogP contribution in [-0.2, 0) is 4.84 Å². The Morgan fingerprint density at radius 2 is 2.31 bits per heavy atom. The van der Waals surface area contributed by atoms with Gasteiger partial charge in [0.15, 0.2) is 0 Å². The zero-order valence-corrected chi connectivity index (χ0v) is 16.4. The summed E-state index contributed by atoms with van der Waals surface area (Å²) in [5, 5.41) is 5.51. The van der Waals surface area contributed by atoms with E-state index >= 15 is 0 Å². The lowest BCUT2D eigenvalue weighted by atomic mass is 10.2. The van der Waals surface area contributed by atoms with Crippen LogP contribution in [0.4, 0.5) is 15.1 Å². The Labute approximate surface area is 166 Å². The number of carbonyl (C=O) groups is 1. The van der Waals surface area contributed by atoms with Crippen molar-refractivity contribution in [2.75, 3.05) is 18.5 Å². The Bertz CT molecular complexity index is 996. The minimum absolute atomic E-state index is 0.216. The highest BCUT2D eigenvalue weighted by Crippen LogP contribution is 2.38. The highest BCUT2D eigenvalue weighted by molar-refractivity contribution is 14.1. The van der Waals surface area contributed by atoms with E-state index in [4.69, 9.17) is 10.6 Å². The number of fused-ring (bicyclic) bond motifs is 1. The summed E-state index contributed by atoms with van der Waals surface area (Å²) in [4.78, 5) is 23.4. The maximum absolute atomic E-state index is 14.3. The summed E-state index contributed by atoms with van der Waals surface area (Å²) in [5.74, 6) is -0.703. The number of thiophene rings is 1. The summed E-state index contributed by atoms with van der Waals surface area (Å²) in [7, 11) is 0. The first kappa shape index (κ1) is 17.6. The molecule has 0 radical (unpaired) electrons. The third-order valence-electron chi connectivity index (χ3n) is 3.93. The molecule has 0 saturated carbocycles. The summed E-state index contributed by atoms with van der Waals surface area (Å²) >= 11 is 3.34. The second kappa shape index (κ2) is 7.06. The largest absolute Gasteiger partial charge is 0.344 e. The monoisotopic (exact) mass is 484 g/mol. The first-order chi connectivity index (χ1) is 12.5. The predicted molar refractivity (Wildman–Crippen MR) is 107 cm³/mol. The summed E-state index contributed by atoms with van der Waals surface area (Å²) in [5.41, 5.74) is 6.53. The van der Waals surface area contributed by atoms with Crippen LogP contribution in [0.15, 0.2) is 36.5 Å². The number of hydroxylamine groups is 2. The number of carbonyl (C=O) groups excluding carboxylic acids is 1. The summed E-state index contributed by atoms with van der Waals surface area (Å²) < 4.78 is 15.1. The van der Waals surface area contributed by atoms with Gasteiger partial charge in [0.2, 0.25) is 0 Å². The molecule has 9 heteroatoms. The van der Waals surface area contributed by atoms with Crippen molar-refractivity contribution >= 4 is 60.7 Å². The Morgan fingerprint density at radius 1 is 1.46 bits per heavy atom. The fourth-order valence-corrected chi connectivity index (χ4v) is 4.22. The molecule has 0 spiro atoms. The highest BCUT2D eigenvalue weighted by Gasteiger charge is 2.30. The van der Waals surface area contributed by atoms with Crippen LogP contribution < -0.4 is 11.1 Å². The zero-order valence-electron chi connectivity index (χ0n) is 13.4. The van der Waals surface area contributed by atoms with Gasteiger partial charge in [-0.2, -0.15) is 0 Å². The third kappa shape index (κ3) is 3.27. The van der Waals surface area contributed by atoms with Crippen molar-refractivity contribution in [3.05, 3.63) is 51.5 Å². The maximum atomic E-state index is 14.3. The number of aromatic nitrogens is 1. The van der Waals surface area contributed by atoms with Gasteiger partial charge in [0.05, 0.1) is 30.4 Å². The maximum Gasteiger partial charge on any atom is 0.281 e. The second-order valence-corrected chi connectivity index (χ2v) is 8.08. The van der Waals surface area contributed by atoms with Crippen LogP contribution in [-0.4, -0.2) is 35.1 Å². The molecule has 134 valence electrons. The lowest BCUT2D eigenvalue weighted by molar-refractivity contribution is -0.0767. The molecular formula is C17H14FIN4O2S. The van der Waals surface area contributed by atoms with E-state index in [2.05, 4.69) is 10.3 Å². The fourth-order valence-electron chi connectivity index (χ4n) is 2.72. The topological polar surface area (TPSA) is 80.5 Å². The minimum atomic E-state index is -0.389. The van der Waals surface area contributed by atoms with Crippen molar-refractivity contribution in [3.8, 4) is 0 Å². The normalized spacial score (nSPS) is 17.0. The molecular weight excluding hydrogens is 470 g/mol. The van der Waals surface area contributed by atoms with Gasteiger partial charge in [-0.15, -0.1) is 0 Å². The van der Waals surface area contributed by atoms with Crippen molar-refractivity contribution in [3.63, 3.8) is 0 Å². The van der Waals surface area contributed by atoms with Crippen molar-refractivity contribution in [2.24, 2.45) is 5.73 Å². The Kier molecular flexibility index (Phi) is 4.78. The van der Waals surface area contributed by atoms with Crippen LogP contribution in [0.5, 0.6) is 0 Å². The van der Waals surface area contributed by atoms with Crippen LogP contribution in [0.2, 0.25) is 0 Å². The van der Waals surface area contributed by atoms with Crippen molar-refractivity contribution < 1.29 is 14.0 Å². The van der Waals surface area contributed by atoms with E-state index < -0.39 is 0 Å². The number of nitrogens with one attached hydrogen (secondary N) is 1. The van der Waals surface area contributed by atoms with Gasteiger partial charge in [0, 0.05) is 15.2 Å². The van der Waals surface area contributed by atoms with Gasteiger partial charge in [-0.25, -0.2) is 14.4 Å². The van der Waals surface area contributed by atoms with E-state index in [1.165, 1.54) is 22.5 Å². The number of hydrogen-bond acceptors (Lipinski definition) is 6. The molecule has 3 N–H and O–H groups in total. The van der Waals surface area contributed by atoms with Crippen LogP contribution in [0.1, 0.15) is 10.4 Å². The first-order valence-electron chi connectivity index (χ1n) is 7.83. The number of nitrogens with zero attached hydrogens (tertiary/aromatic N) is 2. The van der Waals surface area contributed by atoms with Gasteiger partial charge in [0.1, 0.15) is 15.6 Å². The lowest BCUT2D eigenvalue weighted by Crippen LogP contribution is -2.31. The summed E-state index contributed by atoms with van der Waals surface area (Å²) in [6.07, 6.45) is 1.66. The lowest BCUT2D eigenvalue weighted by Gasteiger charge is -2.15. The Hall–Kier alpha value is -1.82. The second-order valence-electron chi connectivity index (χ2n) is 5.83. The molecule has 1 aliphatic heterocycles. The summed E-state index contributed by atoms with van der Waals surface area (Å²) in [6.45, 7) is 0.605.